The first-order valence-corrected chi connectivity index (χ1v) is 6.50. The van der Waals surface area contributed by atoms with Crippen molar-refractivity contribution in [2.75, 3.05) is 26.7 Å². The zero-order valence-electron chi connectivity index (χ0n) is 10.4. The molecule has 2 aliphatic rings. The van der Waals surface area contributed by atoms with Gasteiger partial charge >= 0.3 is 0 Å². The zero-order valence-corrected chi connectivity index (χ0v) is 10.4. The van der Waals surface area contributed by atoms with Crippen LogP contribution in [0.25, 0.3) is 0 Å². The van der Waals surface area contributed by atoms with Crippen molar-refractivity contribution >= 4 is 0 Å². The van der Waals surface area contributed by atoms with Gasteiger partial charge in [-0.2, -0.15) is 0 Å². The van der Waals surface area contributed by atoms with Gasteiger partial charge in [0.25, 0.3) is 0 Å². The van der Waals surface area contributed by atoms with E-state index in [9.17, 15) is 0 Å². The summed E-state index contributed by atoms with van der Waals surface area (Å²) in [7, 11) is 2.12. The third-order valence-electron chi connectivity index (χ3n) is 3.68. The van der Waals surface area contributed by atoms with Gasteiger partial charge in [-0.3, -0.25) is 4.90 Å². The highest BCUT2D eigenvalue weighted by Gasteiger charge is 2.24. The molecule has 0 saturated carbocycles. The van der Waals surface area contributed by atoms with E-state index in [1.165, 1.54) is 18.4 Å². The number of hydrogen-bond donors (Lipinski definition) is 1. The molecule has 92 valence electrons. The molecule has 0 spiro atoms. The minimum absolute atomic E-state index is 0.385. The first-order chi connectivity index (χ1) is 8.31. The minimum atomic E-state index is 0.385. The number of likely N-dealkylation sites (N-methyl/N-ethyl adjacent to an activating group) is 1. The SMILES string of the molecule is CN1CC(Oc2ccc(C3CCCN3)cc2)C1. The van der Waals surface area contributed by atoms with Gasteiger partial charge in [-0.25, -0.2) is 0 Å². The van der Waals surface area contributed by atoms with Crippen LogP contribution < -0.4 is 10.1 Å². The first kappa shape index (κ1) is 11.1. The smallest absolute Gasteiger partial charge is 0.124 e. The van der Waals surface area contributed by atoms with Crippen LogP contribution in [0.3, 0.4) is 0 Å². The number of ether oxygens (including phenoxy) is 1. The second-order valence-corrected chi connectivity index (χ2v) is 5.18. The minimum Gasteiger partial charge on any atom is -0.488 e. The van der Waals surface area contributed by atoms with Crippen molar-refractivity contribution in [3.05, 3.63) is 29.8 Å². The van der Waals surface area contributed by atoms with Crippen LogP contribution in [0.2, 0.25) is 0 Å². The molecule has 1 unspecified atom stereocenters. The number of nitrogens with one attached hydrogen (secondary N) is 1. The van der Waals surface area contributed by atoms with Crippen LogP contribution in [-0.2, 0) is 0 Å². The third kappa shape index (κ3) is 2.45. The normalized spacial score (nSPS) is 25.8. The quantitative estimate of drug-likeness (QED) is 0.860. The van der Waals surface area contributed by atoms with Gasteiger partial charge in [0.15, 0.2) is 0 Å². The fourth-order valence-electron chi connectivity index (χ4n) is 2.66. The van der Waals surface area contributed by atoms with Crippen molar-refractivity contribution < 1.29 is 4.74 Å². The summed E-state index contributed by atoms with van der Waals surface area (Å²) in [4.78, 5) is 2.27. The van der Waals surface area contributed by atoms with E-state index in [1.54, 1.807) is 0 Å². The molecule has 0 amide bonds. The van der Waals surface area contributed by atoms with E-state index in [2.05, 4.69) is 41.5 Å². The summed E-state index contributed by atoms with van der Waals surface area (Å²) in [5.74, 6) is 1.00. The van der Waals surface area contributed by atoms with Crippen molar-refractivity contribution in [1.29, 1.82) is 0 Å². The summed E-state index contributed by atoms with van der Waals surface area (Å²) in [5, 5.41) is 3.51. The van der Waals surface area contributed by atoms with Gasteiger partial charge in [0.05, 0.1) is 0 Å². The molecule has 0 bridgehead atoms. The molecule has 1 aromatic rings. The average Bonchev–Trinajstić information content (AvgIpc) is 2.81. The van der Waals surface area contributed by atoms with Crippen LogP contribution >= 0.6 is 0 Å². The molecule has 0 aromatic heterocycles. The Morgan fingerprint density at radius 3 is 2.59 bits per heavy atom. The molecule has 1 aromatic carbocycles. The maximum atomic E-state index is 5.88. The van der Waals surface area contributed by atoms with Crippen molar-refractivity contribution in [3.8, 4) is 5.75 Å². The molecule has 2 aliphatic heterocycles. The topological polar surface area (TPSA) is 24.5 Å². The van der Waals surface area contributed by atoms with Crippen molar-refractivity contribution in [2.24, 2.45) is 0 Å². The molecular formula is C14H20N2O. The van der Waals surface area contributed by atoms with Gasteiger partial charge < -0.3 is 10.1 Å². The maximum absolute atomic E-state index is 5.88. The van der Waals surface area contributed by atoms with Gasteiger partial charge in [-0.05, 0) is 44.1 Å². The molecular weight excluding hydrogens is 212 g/mol. The first-order valence-electron chi connectivity index (χ1n) is 6.50. The van der Waals surface area contributed by atoms with E-state index in [0.29, 0.717) is 12.1 Å². The van der Waals surface area contributed by atoms with Gasteiger partial charge in [0.2, 0.25) is 0 Å². The van der Waals surface area contributed by atoms with E-state index in [0.717, 1.165) is 25.4 Å². The molecule has 1 atom stereocenters. The number of rotatable bonds is 3. The Labute approximate surface area is 103 Å². The number of benzene rings is 1. The van der Waals surface area contributed by atoms with Crippen LogP contribution in [0.5, 0.6) is 5.75 Å². The summed E-state index contributed by atoms with van der Waals surface area (Å²) < 4.78 is 5.88. The lowest BCUT2D eigenvalue weighted by Crippen LogP contribution is -2.51. The largest absolute Gasteiger partial charge is 0.488 e. The number of likely N-dealkylation sites (tertiary alicyclic amines) is 1. The van der Waals surface area contributed by atoms with E-state index < -0.39 is 0 Å². The molecule has 1 N–H and O–H groups in total. The molecule has 3 heteroatoms. The Morgan fingerprint density at radius 2 is 2.00 bits per heavy atom. The number of nitrogens with zero attached hydrogens (tertiary/aromatic N) is 1. The fraction of sp³-hybridized carbons (Fsp3) is 0.571. The lowest BCUT2D eigenvalue weighted by molar-refractivity contribution is 0.0388. The Bertz CT molecular complexity index is 364. The second kappa shape index (κ2) is 4.67. The Kier molecular flexibility index (Phi) is 3.04. The molecule has 0 radical (unpaired) electrons. The summed E-state index contributed by atoms with van der Waals surface area (Å²) >= 11 is 0. The second-order valence-electron chi connectivity index (χ2n) is 5.18. The summed E-state index contributed by atoms with van der Waals surface area (Å²) in [6.45, 7) is 3.25. The van der Waals surface area contributed by atoms with Crippen LogP contribution in [0.1, 0.15) is 24.4 Å². The van der Waals surface area contributed by atoms with Crippen LogP contribution in [0.4, 0.5) is 0 Å². The Hall–Kier alpha value is -1.06. The Balaban J connectivity index is 1.59. The molecule has 2 saturated heterocycles. The van der Waals surface area contributed by atoms with Crippen LogP contribution in [0.15, 0.2) is 24.3 Å². The number of hydrogen-bond acceptors (Lipinski definition) is 3. The molecule has 2 fully saturated rings. The van der Waals surface area contributed by atoms with Gasteiger partial charge in [-0.1, -0.05) is 12.1 Å². The van der Waals surface area contributed by atoms with Crippen molar-refractivity contribution in [1.82, 2.24) is 10.2 Å². The van der Waals surface area contributed by atoms with E-state index in [-0.39, 0.29) is 0 Å². The van der Waals surface area contributed by atoms with Gasteiger partial charge in [0, 0.05) is 19.1 Å². The highest BCUT2D eigenvalue weighted by atomic mass is 16.5. The average molecular weight is 232 g/mol. The molecule has 0 aliphatic carbocycles. The fourth-order valence-corrected chi connectivity index (χ4v) is 2.66. The maximum Gasteiger partial charge on any atom is 0.124 e. The predicted octanol–water partition coefficient (Wildman–Crippen LogP) is 1.80. The summed E-state index contributed by atoms with van der Waals surface area (Å²) in [5.41, 5.74) is 1.39. The van der Waals surface area contributed by atoms with Gasteiger partial charge in [0.1, 0.15) is 11.9 Å². The molecule has 3 nitrogen and oxygen atoms in total. The monoisotopic (exact) mass is 232 g/mol. The molecule has 2 heterocycles. The summed E-state index contributed by atoms with van der Waals surface area (Å²) in [6, 6.07) is 9.15. The van der Waals surface area contributed by atoms with Gasteiger partial charge in [-0.15, -0.1) is 0 Å². The van der Waals surface area contributed by atoms with Crippen LogP contribution in [-0.4, -0.2) is 37.7 Å². The van der Waals surface area contributed by atoms with Crippen molar-refractivity contribution in [2.45, 2.75) is 25.0 Å². The third-order valence-corrected chi connectivity index (χ3v) is 3.68. The van der Waals surface area contributed by atoms with E-state index in [1.807, 2.05) is 0 Å². The lowest BCUT2D eigenvalue weighted by Gasteiger charge is -2.36. The zero-order chi connectivity index (χ0) is 11.7. The highest BCUT2D eigenvalue weighted by molar-refractivity contribution is 5.30. The standard InChI is InChI=1S/C14H20N2O/c1-16-9-13(10-16)17-12-6-4-11(5-7-12)14-3-2-8-15-14/h4-7,13-15H,2-3,8-10H2,1H3. The van der Waals surface area contributed by atoms with Crippen LogP contribution in [0, 0.1) is 0 Å². The highest BCUT2D eigenvalue weighted by Crippen LogP contribution is 2.25. The van der Waals surface area contributed by atoms with E-state index in [4.69, 9.17) is 4.74 Å². The van der Waals surface area contributed by atoms with Crippen molar-refractivity contribution in [3.63, 3.8) is 0 Å². The lowest BCUT2D eigenvalue weighted by atomic mass is 10.1. The molecule has 17 heavy (non-hydrogen) atoms. The van der Waals surface area contributed by atoms with E-state index >= 15 is 0 Å². The summed E-state index contributed by atoms with van der Waals surface area (Å²) in [6.07, 6.45) is 2.93. The predicted molar refractivity (Wildman–Crippen MR) is 68.3 cm³/mol. The molecule has 3 rings (SSSR count). The Morgan fingerprint density at radius 1 is 1.24 bits per heavy atom.